The van der Waals surface area contributed by atoms with Gasteiger partial charge in [0.05, 0.1) is 6.61 Å². The smallest absolute Gasteiger partial charge is 0.226 e. The molecule has 0 fully saturated rings. The largest absolute Gasteiger partial charge is 0.494 e. The van der Waals surface area contributed by atoms with E-state index in [2.05, 4.69) is 15.5 Å². The number of amides is 1. The van der Waals surface area contributed by atoms with E-state index >= 15 is 0 Å². The molecule has 1 heterocycles. The number of halogens is 1. The van der Waals surface area contributed by atoms with E-state index in [0.29, 0.717) is 29.4 Å². The third-order valence-corrected chi connectivity index (χ3v) is 4.18. The van der Waals surface area contributed by atoms with Crippen molar-refractivity contribution in [2.24, 2.45) is 0 Å². The molecule has 0 spiro atoms. The number of aromatic amines is 1. The zero-order valence-corrected chi connectivity index (χ0v) is 15.6. The standard InChI is InChI=1S/C19H19FN4O2S/c1-2-26-16-9-3-13(4-10-16)18-22-23-19(27)24(18)12-11-17(25)21-15-7-5-14(20)6-8-15/h3-10H,2,11-12H2,1H3,(H,21,25)(H,23,27). The van der Waals surface area contributed by atoms with Crippen molar-refractivity contribution < 1.29 is 13.9 Å². The van der Waals surface area contributed by atoms with Crippen molar-refractivity contribution in [2.75, 3.05) is 11.9 Å². The van der Waals surface area contributed by atoms with Crippen LogP contribution in [0.25, 0.3) is 11.4 Å². The summed E-state index contributed by atoms with van der Waals surface area (Å²) < 4.78 is 20.6. The maximum Gasteiger partial charge on any atom is 0.226 e. The fourth-order valence-corrected chi connectivity index (χ4v) is 2.81. The summed E-state index contributed by atoms with van der Waals surface area (Å²) in [6, 6.07) is 13.1. The van der Waals surface area contributed by atoms with Crippen molar-refractivity contribution in [3.05, 3.63) is 59.1 Å². The first-order chi connectivity index (χ1) is 13.1. The summed E-state index contributed by atoms with van der Waals surface area (Å²) in [7, 11) is 0. The molecule has 3 rings (SSSR count). The molecule has 8 heteroatoms. The van der Waals surface area contributed by atoms with Crippen LogP contribution < -0.4 is 10.1 Å². The van der Waals surface area contributed by atoms with Crippen LogP contribution in [0.15, 0.2) is 48.5 Å². The van der Waals surface area contributed by atoms with E-state index in [0.717, 1.165) is 11.3 Å². The van der Waals surface area contributed by atoms with E-state index in [-0.39, 0.29) is 18.1 Å². The molecule has 3 aromatic rings. The van der Waals surface area contributed by atoms with E-state index in [9.17, 15) is 9.18 Å². The number of nitrogens with zero attached hydrogens (tertiary/aromatic N) is 2. The minimum Gasteiger partial charge on any atom is -0.494 e. The highest BCUT2D eigenvalue weighted by atomic mass is 32.1. The van der Waals surface area contributed by atoms with Gasteiger partial charge in [0.15, 0.2) is 10.6 Å². The highest BCUT2D eigenvalue weighted by Gasteiger charge is 2.11. The molecule has 2 N–H and O–H groups in total. The molecular weight excluding hydrogens is 367 g/mol. The first-order valence-electron chi connectivity index (χ1n) is 8.50. The number of hydrogen-bond donors (Lipinski definition) is 2. The lowest BCUT2D eigenvalue weighted by atomic mass is 10.2. The fraction of sp³-hybridized carbons (Fsp3) is 0.211. The van der Waals surface area contributed by atoms with Crippen LogP contribution in [0.3, 0.4) is 0 Å². The number of hydrogen-bond acceptors (Lipinski definition) is 4. The summed E-state index contributed by atoms with van der Waals surface area (Å²) in [5.74, 6) is 0.887. The summed E-state index contributed by atoms with van der Waals surface area (Å²) in [5.41, 5.74) is 1.41. The Kier molecular flexibility index (Phi) is 5.97. The number of carbonyl (C=O) groups excluding carboxylic acids is 1. The van der Waals surface area contributed by atoms with Crippen LogP contribution in [0.4, 0.5) is 10.1 Å². The predicted molar refractivity (Wildman–Crippen MR) is 104 cm³/mol. The maximum absolute atomic E-state index is 12.9. The topological polar surface area (TPSA) is 71.9 Å². The minimum absolute atomic E-state index is 0.192. The highest BCUT2D eigenvalue weighted by molar-refractivity contribution is 7.71. The Labute approximate surface area is 161 Å². The monoisotopic (exact) mass is 386 g/mol. The van der Waals surface area contributed by atoms with Gasteiger partial charge in [-0.05, 0) is 67.7 Å². The van der Waals surface area contributed by atoms with Crippen LogP contribution in [0, 0.1) is 10.6 Å². The molecule has 0 radical (unpaired) electrons. The second-order valence-electron chi connectivity index (χ2n) is 5.77. The Balaban J connectivity index is 1.68. The number of benzene rings is 2. The van der Waals surface area contributed by atoms with Crippen molar-refractivity contribution in [2.45, 2.75) is 19.9 Å². The van der Waals surface area contributed by atoms with Gasteiger partial charge in [-0.3, -0.25) is 14.5 Å². The SMILES string of the molecule is CCOc1ccc(-c2n[nH]c(=S)n2CCC(=O)Nc2ccc(F)cc2)cc1. The lowest BCUT2D eigenvalue weighted by Crippen LogP contribution is -2.15. The van der Waals surface area contributed by atoms with Crippen LogP contribution >= 0.6 is 12.2 Å². The number of rotatable bonds is 7. The Morgan fingerprint density at radius 2 is 1.93 bits per heavy atom. The molecule has 0 bridgehead atoms. The molecule has 0 atom stereocenters. The molecule has 0 saturated carbocycles. The number of anilines is 1. The van der Waals surface area contributed by atoms with Crippen molar-refractivity contribution in [3.63, 3.8) is 0 Å². The van der Waals surface area contributed by atoms with E-state index in [1.165, 1.54) is 24.3 Å². The average molecular weight is 386 g/mol. The number of aromatic nitrogens is 3. The van der Waals surface area contributed by atoms with E-state index in [1.54, 1.807) is 4.57 Å². The Morgan fingerprint density at radius 3 is 2.59 bits per heavy atom. The zero-order chi connectivity index (χ0) is 19.2. The van der Waals surface area contributed by atoms with Crippen molar-refractivity contribution >= 4 is 23.8 Å². The summed E-state index contributed by atoms with van der Waals surface area (Å²) in [6.45, 7) is 2.89. The molecule has 2 aromatic carbocycles. The van der Waals surface area contributed by atoms with Gasteiger partial charge in [0, 0.05) is 24.2 Å². The molecule has 0 aliphatic rings. The minimum atomic E-state index is -0.349. The van der Waals surface area contributed by atoms with Crippen molar-refractivity contribution in [3.8, 4) is 17.1 Å². The van der Waals surface area contributed by atoms with Gasteiger partial charge in [-0.15, -0.1) is 0 Å². The van der Waals surface area contributed by atoms with Gasteiger partial charge in [0.1, 0.15) is 11.6 Å². The molecule has 0 unspecified atom stereocenters. The van der Waals surface area contributed by atoms with Gasteiger partial charge in [-0.1, -0.05) is 0 Å². The lowest BCUT2D eigenvalue weighted by Gasteiger charge is -2.09. The number of nitrogens with one attached hydrogen (secondary N) is 2. The van der Waals surface area contributed by atoms with Crippen molar-refractivity contribution in [1.29, 1.82) is 0 Å². The highest BCUT2D eigenvalue weighted by Crippen LogP contribution is 2.21. The van der Waals surface area contributed by atoms with E-state index in [4.69, 9.17) is 17.0 Å². The van der Waals surface area contributed by atoms with Gasteiger partial charge in [-0.2, -0.15) is 5.10 Å². The predicted octanol–water partition coefficient (Wildman–Crippen LogP) is 4.17. The van der Waals surface area contributed by atoms with Gasteiger partial charge in [-0.25, -0.2) is 4.39 Å². The van der Waals surface area contributed by atoms with Crippen LogP contribution in [0.2, 0.25) is 0 Å². The van der Waals surface area contributed by atoms with Crippen LogP contribution in [-0.2, 0) is 11.3 Å². The number of ether oxygens (including phenoxy) is 1. The van der Waals surface area contributed by atoms with Gasteiger partial charge < -0.3 is 10.1 Å². The summed E-state index contributed by atoms with van der Waals surface area (Å²) in [4.78, 5) is 12.2. The van der Waals surface area contributed by atoms with E-state index < -0.39 is 0 Å². The molecule has 0 aliphatic heterocycles. The lowest BCUT2D eigenvalue weighted by molar-refractivity contribution is -0.116. The normalized spacial score (nSPS) is 10.6. The summed E-state index contributed by atoms with van der Waals surface area (Å²) >= 11 is 5.28. The first-order valence-corrected chi connectivity index (χ1v) is 8.91. The van der Waals surface area contributed by atoms with Gasteiger partial charge in [0.25, 0.3) is 0 Å². The Morgan fingerprint density at radius 1 is 1.22 bits per heavy atom. The maximum atomic E-state index is 12.9. The van der Waals surface area contributed by atoms with Crippen LogP contribution in [0.5, 0.6) is 5.75 Å². The molecule has 6 nitrogen and oxygen atoms in total. The molecule has 1 aromatic heterocycles. The van der Waals surface area contributed by atoms with Gasteiger partial charge >= 0.3 is 0 Å². The van der Waals surface area contributed by atoms with Crippen LogP contribution in [-0.4, -0.2) is 27.3 Å². The molecule has 1 amide bonds. The quantitative estimate of drug-likeness (QED) is 0.598. The van der Waals surface area contributed by atoms with Crippen molar-refractivity contribution in [1.82, 2.24) is 14.8 Å². The second-order valence-corrected chi connectivity index (χ2v) is 6.15. The average Bonchev–Trinajstić information content (AvgIpc) is 3.03. The third-order valence-electron chi connectivity index (χ3n) is 3.87. The summed E-state index contributed by atoms with van der Waals surface area (Å²) in [6.07, 6.45) is 0.204. The Bertz CT molecular complexity index is 965. The molecule has 140 valence electrons. The van der Waals surface area contributed by atoms with Crippen LogP contribution in [0.1, 0.15) is 13.3 Å². The number of carbonyl (C=O) groups is 1. The zero-order valence-electron chi connectivity index (χ0n) is 14.7. The molecule has 0 saturated heterocycles. The van der Waals surface area contributed by atoms with E-state index in [1.807, 2.05) is 31.2 Å². The molecular formula is C19H19FN4O2S. The first kappa shape index (κ1) is 18.8. The molecule has 27 heavy (non-hydrogen) atoms. The Hall–Kier alpha value is -3.00. The molecule has 0 aliphatic carbocycles. The third kappa shape index (κ3) is 4.79. The number of H-pyrrole nitrogens is 1. The van der Waals surface area contributed by atoms with Gasteiger partial charge in [0.2, 0.25) is 5.91 Å². The summed E-state index contributed by atoms with van der Waals surface area (Å²) in [5, 5.41) is 9.76. The fourth-order valence-electron chi connectivity index (χ4n) is 2.58. The second kappa shape index (κ2) is 8.59.